The number of alkyl halides is 2. The number of hydrogen-bond acceptors (Lipinski definition) is 6. The normalized spacial score (nSPS) is 12.0. The average Bonchev–Trinajstić information content (AvgIpc) is 3.13. The molecule has 0 spiro atoms. The van der Waals surface area contributed by atoms with E-state index in [9.17, 15) is 8.42 Å². The van der Waals surface area contributed by atoms with Crippen molar-refractivity contribution in [3.8, 4) is 23.0 Å². The van der Waals surface area contributed by atoms with Gasteiger partial charge in [-0.2, -0.15) is 0 Å². The van der Waals surface area contributed by atoms with E-state index >= 15 is 0 Å². The maximum absolute atomic E-state index is 13.1. The predicted molar refractivity (Wildman–Crippen MR) is 198 cm³/mol. The molecular weight excluding hydrogens is 679 g/mol. The van der Waals surface area contributed by atoms with Gasteiger partial charge in [-0.15, -0.1) is 23.2 Å². The van der Waals surface area contributed by atoms with Crippen molar-refractivity contribution in [2.24, 2.45) is 0 Å². The number of ether oxygens (including phenoxy) is 4. The van der Waals surface area contributed by atoms with E-state index in [4.69, 9.17) is 42.1 Å². The lowest BCUT2D eigenvalue weighted by Gasteiger charge is -2.28. The third-order valence-electron chi connectivity index (χ3n) is 8.38. The molecule has 9 heteroatoms. The zero-order valence-electron chi connectivity index (χ0n) is 28.5. The van der Waals surface area contributed by atoms with Crippen molar-refractivity contribution in [2.75, 3.05) is 20.3 Å². The Morgan fingerprint density at radius 3 is 1.82 bits per heavy atom. The van der Waals surface area contributed by atoms with Crippen LogP contribution in [-0.4, -0.2) is 28.7 Å². The lowest BCUT2D eigenvalue weighted by molar-refractivity contribution is 0.212. The minimum absolute atomic E-state index is 0.167. The molecule has 0 aliphatic carbocycles. The van der Waals surface area contributed by atoms with E-state index in [-0.39, 0.29) is 21.1 Å². The number of allylic oxidation sites excluding steroid dienone is 2. The fraction of sp³-hybridized carbons (Fsp3) is 0.300. The van der Waals surface area contributed by atoms with Crippen molar-refractivity contribution < 1.29 is 27.4 Å². The summed E-state index contributed by atoms with van der Waals surface area (Å²) in [6.45, 7) is 11.2. The molecule has 0 radical (unpaired) electrons. The third kappa shape index (κ3) is 9.62. The number of methoxy groups -OCH3 is 1. The molecule has 0 aliphatic rings. The maximum Gasteiger partial charge on any atom is 0.206 e. The lowest BCUT2D eigenvalue weighted by Crippen LogP contribution is -2.19. The van der Waals surface area contributed by atoms with Gasteiger partial charge in [-0.05, 0) is 116 Å². The number of sulfone groups is 1. The predicted octanol–water partition coefficient (Wildman–Crippen LogP) is 10.8. The molecule has 260 valence electrons. The second-order valence-electron chi connectivity index (χ2n) is 11.9. The number of halogens is 2. The van der Waals surface area contributed by atoms with E-state index in [1.165, 1.54) is 31.4 Å². The summed E-state index contributed by atoms with van der Waals surface area (Å²) >= 11 is 12.8. The fourth-order valence-electron chi connectivity index (χ4n) is 5.27. The first-order valence-corrected chi connectivity index (χ1v) is 18.7. The molecule has 0 fully saturated rings. The molecule has 0 saturated heterocycles. The van der Waals surface area contributed by atoms with E-state index in [1.54, 1.807) is 30.3 Å². The van der Waals surface area contributed by atoms with E-state index in [2.05, 4.69) is 32.6 Å². The van der Waals surface area contributed by atoms with Crippen LogP contribution >= 0.6 is 23.2 Å². The Hall–Kier alpha value is -3.91. The second kappa shape index (κ2) is 17.7. The van der Waals surface area contributed by atoms with Gasteiger partial charge in [-0.1, -0.05) is 38.6 Å². The summed E-state index contributed by atoms with van der Waals surface area (Å²) in [4.78, 5) is 0.353. The van der Waals surface area contributed by atoms with Crippen LogP contribution in [0.2, 0.25) is 0 Å². The van der Waals surface area contributed by atoms with Gasteiger partial charge in [0.1, 0.15) is 28.8 Å². The summed E-state index contributed by atoms with van der Waals surface area (Å²) in [5, 5.41) is 0. The third-order valence-corrected chi connectivity index (χ3v) is 10.7. The smallest absolute Gasteiger partial charge is 0.206 e. The van der Waals surface area contributed by atoms with Crippen LogP contribution < -0.4 is 14.2 Å². The standard InChI is InChI=1S/C40H44Cl2O6S/c1-6-33(7-2)46-23-9-8-10-24-47-38-21-11-31(25-29(38)27-41)40(3,4)32-12-22-39(30(26-32)28-42)48-35-15-19-37(20-16-35)49(43,44)36-17-13-34(45-5)14-18-36/h6-7,11-22,25-26H,1,8-10,23-24,27-28H2,2-5H3. The Morgan fingerprint density at radius 2 is 1.29 bits per heavy atom. The average molecular weight is 724 g/mol. The summed E-state index contributed by atoms with van der Waals surface area (Å²) in [5.41, 5.74) is 3.54. The molecule has 0 aliphatic heterocycles. The lowest BCUT2D eigenvalue weighted by atomic mass is 9.77. The van der Waals surface area contributed by atoms with Gasteiger partial charge in [0.25, 0.3) is 0 Å². The van der Waals surface area contributed by atoms with E-state index in [0.717, 1.165) is 53.0 Å². The molecule has 0 N–H and O–H groups in total. The Balaban J connectivity index is 1.41. The van der Waals surface area contributed by atoms with Gasteiger partial charge in [0, 0.05) is 16.5 Å². The van der Waals surface area contributed by atoms with Gasteiger partial charge < -0.3 is 18.9 Å². The van der Waals surface area contributed by atoms with Crippen LogP contribution in [0.1, 0.15) is 62.3 Å². The minimum atomic E-state index is -3.69. The highest BCUT2D eigenvalue weighted by Gasteiger charge is 2.26. The Kier molecular flexibility index (Phi) is 13.7. The molecule has 0 bridgehead atoms. The highest BCUT2D eigenvalue weighted by atomic mass is 35.5. The zero-order chi connectivity index (χ0) is 35.4. The Morgan fingerprint density at radius 1 is 0.755 bits per heavy atom. The van der Waals surface area contributed by atoms with E-state index < -0.39 is 9.84 Å². The summed E-state index contributed by atoms with van der Waals surface area (Å²) in [6, 6.07) is 24.8. The van der Waals surface area contributed by atoms with Gasteiger partial charge in [-0.3, -0.25) is 0 Å². The molecule has 0 saturated carbocycles. The molecule has 0 amide bonds. The Labute approximate surface area is 301 Å². The first-order chi connectivity index (χ1) is 23.6. The van der Waals surface area contributed by atoms with Gasteiger partial charge in [-0.25, -0.2) is 8.42 Å². The van der Waals surface area contributed by atoms with Gasteiger partial charge in [0.15, 0.2) is 0 Å². The summed E-state index contributed by atoms with van der Waals surface area (Å²) in [7, 11) is -2.16. The largest absolute Gasteiger partial charge is 0.497 e. The molecule has 4 aromatic carbocycles. The molecule has 4 aromatic rings. The highest BCUT2D eigenvalue weighted by Crippen LogP contribution is 2.38. The van der Waals surface area contributed by atoms with Gasteiger partial charge in [0.2, 0.25) is 9.84 Å². The minimum Gasteiger partial charge on any atom is -0.497 e. The molecule has 4 rings (SSSR count). The van der Waals surface area contributed by atoms with Crippen molar-refractivity contribution >= 4 is 33.0 Å². The first-order valence-electron chi connectivity index (χ1n) is 16.2. The van der Waals surface area contributed by atoms with Crippen LogP contribution in [-0.2, 0) is 31.7 Å². The summed E-state index contributed by atoms with van der Waals surface area (Å²) in [5.74, 6) is 3.85. The second-order valence-corrected chi connectivity index (χ2v) is 14.4. The van der Waals surface area contributed by atoms with Gasteiger partial charge >= 0.3 is 0 Å². The van der Waals surface area contributed by atoms with E-state index in [1.807, 2.05) is 37.3 Å². The molecule has 49 heavy (non-hydrogen) atoms. The monoisotopic (exact) mass is 722 g/mol. The van der Waals surface area contributed by atoms with Crippen LogP contribution in [0.5, 0.6) is 23.0 Å². The zero-order valence-corrected chi connectivity index (χ0v) is 30.8. The number of hydrogen-bond donors (Lipinski definition) is 0. The van der Waals surface area contributed by atoms with Crippen LogP contribution in [0.15, 0.2) is 119 Å². The van der Waals surface area contributed by atoms with Crippen molar-refractivity contribution in [1.29, 1.82) is 0 Å². The molecular formula is C40H44Cl2O6S. The molecule has 0 atom stereocenters. The quantitative estimate of drug-likeness (QED) is 0.0441. The Bertz CT molecular complexity index is 1830. The van der Waals surface area contributed by atoms with Crippen molar-refractivity contribution in [3.05, 3.63) is 132 Å². The molecule has 0 unspecified atom stereocenters. The van der Waals surface area contributed by atoms with Crippen LogP contribution in [0, 0.1) is 0 Å². The van der Waals surface area contributed by atoms with E-state index in [0.29, 0.717) is 36.3 Å². The number of unbranched alkanes of at least 4 members (excludes halogenated alkanes) is 2. The molecule has 6 nitrogen and oxygen atoms in total. The first kappa shape index (κ1) is 37.9. The van der Waals surface area contributed by atoms with Crippen molar-refractivity contribution in [3.63, 3.8) is 0 Å². The summed E-state index contributed by atoms with van der Waals surface area (Å²) in [6.07, 6.45) is 6.48. The van der Waals surface area contributed by atoms with Crippen LogP contribution in [0.25, 0.3) is 0 Å². The number of benzene rings is 4. The maximum atomic E-state index is 13.1. The topological polar surface area (TPSA) is 71.1 Å². The summed E-state index contributed by atoms with van der Waals surface area (Å²) < 4.78 is 49.3. The van der Waals surface area contributed by atoms with Gasteiger partial charge in [0.05, 0.1) is 41.9 Å². The van der Waals surface area contributed by atoms with Crippen LogP contribution in [0.3, 0.4) is 0 Å². The number of rotatable bonds is 18. The van der Waals surface area contributed by atoms with Crippen molar-refractivity contribution in [2.45, 2.75) is 67.0 Å². The highest BCUT2D eigenvalue weighted by molar-refractivity contribution is 7.91. The SMILES string of the molecule is C=CC(=CC)OCCCCCOc1ccc(C(C)(C)c2ccc(Oc3ccc(S(=O)(=O)c4ccc(OC)cc4)cc3)c(CCl)c2)cc1CCl. The molecule has 0 aromatic heterocycles. The van der Waals surface area contributed by atoms with Crippen molar-refractivity contribution in [1.82, 2.24) is 0 Å². The molecule has 0 heterocycles. The van der Waals surface area contributed by atoms with Crippen LogP contribution in [0.4, 0.5) is 0 Å². The fourth-order valence-corrected chi connectivity index (χ4v) is 6.95.